The molecule has 0 atom stereocenters. The highest BCUT2D eigenvalue weighted by atomic mass is 17.5. The molecule has 0 aliphatic heterocycles. The fourth-order valence-electron chi connectivity index (χ4n) is 0.359. The summed E-state index contributed by atoms with van der Waals surface area (Å²) in [7, 11) is 0. The predicted octanol–water partition coefficient (Wildman–Crippen LogP) is 2.21. The van der Waals surface area contributed by atoms with Crippen molar-refractivity contribution in [2.24, 2.45) is 0 Å². The molecule has 0 spiro atoms. The van der Waals surface area contributed by atoms with E-state index in [-0.39, 0.29) is 6.10 Å². The van der Waals surface area contributed by atoms with Gasteiger partial charge in [0.05, 0.1) is 11.7 Å². The average Bonchev–Trinajstić information content (AvgIpc) is 1.81. The van der Waals surface area contributed by atoms with Crippen molar-refractivity contribution in [3.05, 3.63) is 0 Å². The lowest BCUT2D eigenvalue weighted by molar-refractivity contribution is -0.514. The molecule has 78 valence electrons. The van der Waals surface area contributed by atoms with Gasteiger partial charge in [0.1, 0.15) is 0 Å². The lowest BCUT2D eigenvalue weighted by Gasteiger charge is -2.15. The largest absolute Gasteiger partial charge is 0.542 e. The van der Waals surface area contributed by atoms with Crippen molar-refractivity contribution in [1.82, 2.24) is 0 Å². The van der Waals surface area contributed by atoms with Gasteiger partial charge in [-0.2, -0.15) is 4.89 Å². The minimum Gasteiger partial charge on any atom is -0.430 e. The molecule has 13 heavy (non-hydrogen) atoms. The fraction of sp³-hybridized carbons (Fsp3) is 0.875. The molecule has 5 heteroatoms. The molecular formula is C8H16O5. The van der Waals surface area contributed by atoms with Gasteiger partial charge in [-0.15, -0.1) is 0 Å². The van der Waals surface area contributed by atoms with Crippen LogP contribution >= 0.6 is 0 Å². The Hall–Kier alpha value is -0.810. The molecule has 0 aromatic rings. The van der Waals surface area contributed by atoms with E-state index in [1.54, 1.807) is 34.6 Å². The molecule has 0 aromatic heterocycles. The van der Waals surface area contributed by atoms with E-state index in [1.165, 1.54) is 0 Å². The number of carbonyl (C=O) groups excluding carboxylic acids is 1. The molecule has 0 saturated heterocycles. The monoisotopic (exact) mass is 192 g/mol. The summed E-state index contributed by atoms with van der Waals surface area (Å²) in [6, 6.07) is 0. The molecule has 0 radical (unpaired) electrons. The van der Waals surface area contributed by atoms with Crippen LogP contribution in [0.15, 0.2) is 0 Å². The van der Waals surface area contributed by atoms with Crippen molar-refractivity contribution >= 4 is 6.16 Å². The summed E-state index contributed by atoms with van der Waals surface area (Å²) in [6.45, 7) is 8.66. The molecule has 0 fully saturated rings. The van der Waals surface area contributed by atoms with Gasteiger partial charge in [0, 0.05) is 0 Å². The first-order valence-corrected chi connectivity index (χ1v) is 4.04. The molecule has 0 aliphatic carbocycles. The third kappa shape index (κ3) is 9.10. The Morgan fingerprint density at radius 1 is 1.23 bits per heavy atom. The van der Waals surface area contributed by atoms with Crippen molar-refractivity contribution in [2.45, 2.75) is 46.3 Å². The van der Waals surface area contributed by atoms with Crippen molar-refractivity contribution in [2.75, 3.05) is 0 Å². The first-order valence-electron chi connectivity index (χ1n) is 4.04. The Morgan fingerprint density at radius 2 is 1.77 bits per heavy atom. The van der Waals surface area contributed by atoms with Gasteiger partial charge in [0.2, 0.25) is 0 Å². The normalized spacial score (nSPS) is 11.5. The molecule has 0 amide bonds. The highest BCUT2D eigenvalue weighted by Crippen LogP contribution is 2.07. The maximum absolute atomic E-state index is 10.7. The summed E-state index contributed by atoms with van der Waals surface area (Å²) >= 11 is 0. The number of carbonyl (C=O) groups is 1. The van der Waals surface area contributed by atoms with Crippen LogP contribution in [-0.4, -0.2) is 17.9 Å². The van der Waals surface area contributed by atoms with Crippen LogP contribution in [-0.2, 0) is 19.6 Å². The standard InChI is InChI=1S/C8H16O5/c1-6(2)10-7(9)11-13-12-8(3,4)5/h6H,1-5H3. The summed E-state index contributed by atoms with van der Waals surface area (Å²) in [6.07, 6.45) is -1.16. The van der Waals surface area contributed by atoms with Crippen LogP contribution in [0.25, 0.3) is 0 Å². The van der Waals surface area contributed by atoms with Crippen molar-refractivity contribution in [1.29, 1.82) is 0 Å². The number of ether oxygens (including phenoxy) is 1. The van der Waals surface area contributed by atoms with Gasteiger partial charge in [-0.05, 0) is 39.7 Å². The van der Waals surface area contributed by atoms with E-state index in [2.05, 4.69) is 19.6 Å². The SMILES string of the molecule is CC(C)OC(=O)OOOC(C)(C)C. The lowest BCUT2D eigenvalue weighted by atomic mass is 10.2. The van der Waals surface area contributed by atoms with Crippen LogP contribution in [0.2, 0.25) is 0 Å². The van der Waals surface area contributed by atoms with Crippen LogP contribution in [0.3, 0.4) is 0 Å². The summed E-state index contributed by atoms with van der Waals surface area (Å²) in [4.78, 5) is 19.5. The molecule has 0 unspecified atom stereocenters. The fourth-order valence-corrected chi connectivity index (χ4v) is 0.359. The van der Waals surface area contributed by atoms with E-state index in [9.17, 15) is 4.79 Å². The van der Waals surface area contributed by atoms with Crippen LogP contribution in [0.4, 0.5) is 4.79 Å². The van der Waals surface area contributed by atoms with Gasteiger partial charge in [-0.3, -0.25) is 0 Å². The summed E-state index contributed by atoms with van der Waals surface area (Å²) in [5.74, 6) is 0. The van der Waals surface area contributed by atoms with E-state index < -0.39 is 11.8 Å². The van der Waals surface area contributed by atoms with E-state index in [0.29, 0.717) is 0 Å². The topological polar surface area (TPSA) is 54.0 Å². The zero-order valence-electron chi connectivity index (χ0n) is 8.62. The molecule has 0 rings (SSSR count). The van der Waals surface area contributed by atoms with Gasteiger partial charge < -0.3 is 4.74 Å². The maximum Gasteiger partial charge on any atom is 0.542 e. The molecule has 0 N–H and O–H groups in total. The molecule has 0 bridgehead atoms. The van der Waals surface area contributed by atoms with Crippen LogP contribution < -0.4 is 0 Å². The van der Waals surface area contributed by atoms with Crippen molar-refractivity contribution in [3.8, 4) is 0 Å². The van der Waals surface area contributed by atoms with Gasteiger partial charge in [-0.25, -0.2) is 9.68 Å². The second-order valence-electron chi connectivity index (χ2n) is 3.76. The van der Waals surface area contributed by atoms with Gasteiger partial charge >= 0.3 is 6.16 Å². The minimum atomic E-state index is -0.917. The van der Waals surface area contributed by atoms with Gasteiger partial charge in [0.25, 0.3) is 0 Å². The summed E-state index contributed by atoms with van der Waals surface area (Å²) < 4.78 is 4.60. The Labute approximate surface area is 77.8 Å². The zero-order valence-corrected chi connectivity index (χ0v) is 8.62. The molecular weight excluding hydrogens is 176 g/mol. The number of rotatable bonds is 3. The van der Waals surface area contributed by atoms with Crippen LogP contribution in [0.1, 0.15) is 34.6 Å². The summed E-state index contributed by atoms with van der Waals surface area (Å²) in [5.41, 5.74) is -0.530. The summed E-state index contributed by atoms with van der Waals surface area (Å²) in [5, 5.41) is 4.19. The first-order chi connectivity index (χ1) is 5.81. The van der Waals surface area contributed by atoms with Crippen molar-refractivity contribution in [3.63, 3.8) is 0 Å². The average molecular weight is 192 g/mol. The Bertz CT molecular complexity index is 158. The molecule has 5 nitrogen and oxygen atoms in total. The minimum absolute atomic E-state index is 0.245. The lowest BCUT2D eigenvalue weighted by Crippen LogP contribution is -2.21. The van der Waals surface area contributed by atoms with Gasteiger partial charge in [-0.1, -0.05) is 0 Å². The second-order valence-corrected chi connectivity index (χ2v) is 3.76. The van der Waals surface area contributed by atoms with E-state index >= 15 is 0 Å². The molecule has 0 heterocycles. The molecule has 0 saturated carbocycles. The first kappa shape index (κ1) is 12.2. The highest BCUT2D eigenvalue weighted by Gasteiger charge is 2.15. The van der Waals surface area contributed by atoms with Crippen LogP contribution in [0.5, 0.6) is 0 Å². The second kappa shape index (κ2) is 5.04. The third-order valence-corrected chi connectivity index (χ3v) is 0.718. The maximum atomic E-state index is 10.7. The number of hydrogen-bond donors (Lipinski definition) is 0. The number of hydrogen-bond acceptors (Lipinski definition) is 5. The van der Waals surface area contributed by atoms with E-state index in [0.717, 1.165) is 0 Å². The van der Waals surface area contributed by atoms with Crippen molar-refractivity contribution < 1.29 is 24.3 Å². The van der Waals surface area contributed by atoms with Gasteiger partial charge in [0.15, 0.2) is 0 Å². The Morgan fingerprint density at radius 3 is 2.15 bits per heavy atom. The smallest absolute Gasteiger partial charge is 0.430 e. The highest BCUT2D eigenvalue weighted by molar-refractivity contribution is 5.59. The third-order valence-electron chi connectivity index (χ3n) is 0.718. The molecule has 0 aliphatic rings. The molecule has 0 aromatic carbocycles. The zero-order chi connectivity index (χ0) is 10.5. The predicted molar refractivity (Wildman–Crippen MR) is 44.6 cm³/mol. The van der Waals surface area contributed by atoms with E-state index in [1.807, 2.05) is 0 Å². The quantitative estimate of drug-likeness (QED) is 0.390. The Kier molecular flexibility index (Phi) is 4.72. The Balaban J connectivity index is 3.49. The van der Waals surface area contributed by atoms with Crippen LogP contribution in [0, 0.1) is 0 Å². The van der Waals surface area contributed by atoms with E-state index in [4.69, 9.17) is 0 Å².